The lowest BCUT2D eigenvalue weighted by atomic mass is 10.1. The molecule has 2 heterocycles. The zero-order valence-electron chi connectivity index (χ0n) is 15.0. The summed E-state index contributed by atoms with van der Waals surface area (Å²) in [4.78, 5) is 39.5. The van der Waals surface area contributed by atoms with E-state index in [0.29, 0.717) is 51.2 Å². The number of hydrogen-bond acceptors (Lipinski definition) is 4. The lowest BCUT2D eigenvalue weighted by Crippen LogP contribution is -2.52. The van der Waals surface area contributed by atoms with Crippen LogP contribution in [0.15, 0.2) is 29.4 Å². The molecule has 3 rings (SSSR count). The minimum absolute atomic E-state index is 0.125. The third kappa shape index (κ3) is 4.47. The number of benzene rings is 1. The highest BCUT2D eigenvalue weighted by atomic mass is 16.2. The maximum absolute atomic E-state index is 12.4. The molecule has 1 N–H and O–H groups in total. The SMILES string of the molecule is Cc1ccc(CCC(=O)N2CCN(C(=O)C3=NNC(=O)CC3)CC2)cc1. The van der Waals surface area contributed by atoms with Crippen LogP contribution in [0.5, 0.6) is 0 Å². The molecule has 3 amide bonds. The summed E-state index contributed by atoms with van der Waals surface area (Å²) >= 11 is 0. The Balaban J connectivity index is 1.45. The van der Waals surface area contributed by atoms with Crippen molar-refractivity contribution in [2.75, 3.05) is 26.2 Å². The molecule has 0 atom stereocenters. The highest BCUT2D eigenvalue weighted by Gasteiger charge is 2.28. The fraction of sp³-hybridized carbons (Fsp3) is 0.474. The number of nitrogens with one attached hydrogen (secondary N) is 1. The van der Waals surface area contributed by atoms with Crippen LogP contribution in [0, 0.1) is 6.92 Å². The van der Waals surface area contributed by atoms with Gasteiger partial charge >= 0.3 is 0 Å². The molecule has 0 saturated carbocycles. The average molecular weight is 356 g/mol. The van der Waals surface area contributed by atoms with Crippen LogP contribution in [0.3, 0.4) is 0 Å². The number of hydrogen-bond donors (Lipinski definition) is 1. The normalized spacial score (nSPS) is 17.6. The van der Waals surface area contributed by atoms with Crippen LogP contribution in [-0.4, -0.2) is 59.4 Å². The van der Waals surface area contributed by atoms with Crippen LogP contribution in [0.2, 0.25) is 0 Å². The first-order valence-electron chi connectivity index (χ1n) is 9.01. The predicted octanol–water partition coefficient (Wildman–Crippen LogP) is 0.864. The Morgan fingerprint density at radius 3 is 2.31 bits per heavy atom. The van der Waals surface area contributed by atoms with Crippen molar-refractivity contribution in [1.82, 2.24) is 15.2 Å². The number of aryl methyl sites for hydroxylation is 2. The third-order valence-electron chi connectivity index (χ3n) is 4.82. The van der Waals surface area contributed by atoms with Crippen molar-refractivity contribution in [3.63, 3.8) is 0 Å². The molecule has 1 aromatic rings. The lowest BCUT2D eigenvalue weighted by molar-refractivity contribution is -0.136. The number of piperazine rings is 1. The van der Waals surface area contributed by atoms with Gasteiger partial charge in [0.1, 0.15) is 5.71 Å². The van der Waals surface area contributed by atoms with E-state index in [9.17, 15) is 14.4 Å². The molecule has 0 spiro atoms. The lowest BCUT2D eigenvalue weighted by Gasteiger charge is -2.35. The van der Waals surface area contributed by atoms with E-state index in [-0.39, 0.29) is 17.7 Å². The van der Waals surface area contributed by atoms with E-state index in [2.05, 4.69) is 34.8 Å². The van der Waals surface area contributed by atoms with Crippen molar-refractivity contribution in [3.05, 3.63) is 35.4 Å². The van der Waals surface area contributed by atoms with E-state index in [1.54, 1.807) is 4.90 Å². The van der Waals surface area contributed by atoms with E-state index in [1.165, 1.54) is 5.56 Å². The number of rotatable bonds is 4. The summed E-state index contributed by atoms with van der Waals surface area (Å²) in [6, 6.07) is 8.23. The first-order chi connectivity index (χ1) is 12.5. The first kappa shape index (κ1) is 18.1. The van der Waals surface area contributed by atoms with Gasteiger partial charge < -0.3 is 9.80 Å². The number of carbonyl (C=O) groups excluding carboxylic acids is 3. The van der Waals surface area contributed by atoms with Gasteiger partial charge in [-0.15, -0.1) is 0 Å². The molecule has 1 aromatic carbocycles. The van der Waals surface area contributed by atoms with Crippen LogP contribution in [0.25, 0.3) is 0 Å². The monoisotopic (exact) mass is 356 g/mol. The Labute approximate surface area is 153 Å². The molecule has 0 radical (unpaired) electrons. The minimum Gasteiger partial charge on any atom is -0.339 e. The molecule has 2 aliphatic heterocycles. The van der Waals surface area contributed by atoms with E-state index < -0.39 is 0 Å². The first-order valence-corrected chi connectivity index (χ1v) is 9.01. The maximum Gasteiger partial charge on any atom is 0.270 e. The van der Waals surface area contributed by atoms with E-state index in [4.69, 9.17) is 0 Å². The summed E-state index contributed by atoms with van der Waals surface area (Å²) in [6.45, 7) is 4.13. The zero-order valence-corrected chi connectivity index (χ0v) is 15.0. The van der Waals surface area contributed by atoms with Gasteiger partial charge in [-0.25, -0.2) is 5.43 Å². The van der Waals surface area contributed by atoms with Crippen molar-refractivity contribution < 1.29 is 14.4 Å². The van der Waals surface area contributed by atoms with Gasteiger partial charge in [0.05, 0.1) is 0 Å². The number of amides is 3. The van der Waals surface area contributed by atoms with Crippen LogP contribution in [0.1, 0.15) is 30.4 Å². The molecule has 0 unspecified atom stereocenters. The van der Waals surface area contributed by atoms with E-state index in [0.717, 1.165) is 12.0 Å². The molecule has 1 fully saturated rings. The van der Waals surface area contributed by atoms with Gasteiger partial charge in [-0.3, -0.25) is 14.4 Å². The molecule has 7 heteroatoms. The smallest absolute Gasteiger partial charge is 0.270 e. The second-order valence-electron chi connectivity index (χ2n) is 6.75. The highest BCUT2D eigenvalue weighted by Crippen LogP contribution is 2.11. The Morgan fingerprint density at radius 1 is 1.04 bits per heavy atom. The fourth-order valence-electron chi connectivity index (χ4n) is 3.13. The van der Waals surface area contributed by atoms with Gasteiger partial charge in [-0.2, -0.15) is 5.10 Å². The Kier molecular flexibility index (Phi) is 5.65. The maximum atomic E-state index is 12.4. The van der Waals surface area contributed by atoms with Gasteiger partial charge in [0.15, 0.2) is 0 Å². The zero-order chi connectivity index (χ0) is 18.5. The summed E-state index contributed by atoms with van der Waals surface area (Å²) in [5.41, 5.74) is 5.12. The summed E-state index contributed by atoms with van der Waals surface area (Å²) < 4.78 is 0. The van der Waals surface area contributed by atoms with Crippen molar-refractivity contribution in [2.24, 2.45) is 5.10 Å². The van der Waals surface area contributed by atoms with Crippen molar-refractivity contribution in [3.8, 4) is 0 Å². The molecule has 26 heavy (non-hydrogen) atoms. The molecular weight excluding hydrogens is 332 g/mol. The van der Waals surface area contributed by atoms with Crippen LogP contribution in [0.4, 0.5) is 0 Å². The Morgan fingerprint density at radius 2 is 1.69 bits per heavy atom. The highest BCUT2D eigenvalue weighted by molar-refractivity contribution is 6.39. The molecule has 0 aromatic heterocycles. The summed E-state index contributed by atoms with van der Waals surface area (Å²) in [5, 5.41) is 3.85. The second-order valence-corrected chi connectivity index (χ2v) is 6.75. The summed E-state index contributed by atoms with van der Waals surface area (Å²) in [7, 11) is 0. The largest absolute Gasteiger partial charge is 0.339 e. The second kappa shape index (κ2) is 8.12. The number of hydrazone groups is 1. The van der Waals surface area contributed by atoms with Crippen molar-refractivity contribution >= 4 is 23.4 Å². The molecule has 138 valence electrons. The molecule has 7 nitrogen and oxygen atoms in total. The molecule has 1 saturated heterocycles. The average Bonchev–Trinajstić information content (AvgIpc) is 2.67. The molecular formula is C19H24N4O3. The van der Waals surface area contributed by atoms with E-state index in [1.807, 2.05) is 11.8 Å². The van der Waals surface area contributed by atoms with Gasteiger partial charge in [-0.05, 0) is 18.9 Å². The predicted molar refractivity (Wildman–Crippen MR) is 97.5 cm³/mol. The van der Waals surface area contributed by atoms with Gasteiger partial charge in [-0.1, -0.05) is 29.8 Å². The third-order valence-corrected chi connectivity index (χ3v) is 4.82. The van der Waals surface area contributed by atoms with Gasteiger partial charge in [0, 0.05) is 45.4 Å². The standard InChI is InChI=1S/C19H24N4O3/c1-14-2-4-15(5-3-14)6-9-18(25)22-10-12-23(13-11-22)19(26)16-7-8-17(24)21-20-16/h2-5H,6-13H2,1H3,(H,21,24). The van der Waals surface area contributed by atoms with Crippen LogP contribution in [-0.2, 0) is 20.8 Å². The number of nitrogens with zero attached hydrogens (tertiary/aromatic N) is 3. The van der Waals surface area contributed by atoms with Gasteiger partial charge in [0.2, 0.25) is 11.8 Å². The topological polar surface area (TPSA) is 82.1 Å². The van der Waals surface area contributed by atoms with Crippen LogP contribution >= 0.6 is 0 Å². The van der Waals surface area contributed by atoms with Crippen LogP contribution < -0.4 is 5.43 Å². The fourth-order valence-corrected chi connectivity index (χ4v) is 3.13. The molecule has 2 aliphatic rings. The quantitative estimate of drug-likeness (QED) is 0.869. The van der Waals surface area contributed by atoms with Crippen molar-refractivity contribution in [1.29, 1.82) is 0 Å². The van der Waals surface area contributed by atoms with Gasteiger partial charge in [0.25, 0.3) is 5.91 Å². The molecule has 0 bridgehead atoms. The minimum atomic E-state index is -0.162. The Hall–Kier alpha value is -2.70. The number of carbonyl (C=O) groups is 3. The molecule has 0 aliphatic carbocycles. The Bertz CT molecular complexity index is 719. The van der Waals surface area contributed by atoms with E-state index >= 15 is 0 Å². The summed E-state index contributed by atoms with van der Waals surface area (Å²) in [6.07, 6.45) is 1.88. The summed E-state index contributed by atoms with van der Waals surface area (Å²) in [5.74, 6) is -0.178. The van der Waals surface area contributed by atoms with Crippen molar-refractivity contribution in [2.45, 2.75) is 32.6 Å².